The minimum absolute atomic E-state index is 0.0342. The van der Waals surface area contributed by atoms with Gasteiger partial charge < -0.3 is 5.32 Å². The largest absolute Gasteiger partial charge is 0.352 e. The summed E-state index contributed by atoms with van der Waals surface area (Å²) in [6.45, 7) is 0. The number of ketones is 2. The van der Waals surface area contributed by atoms with Crippen LogP contribution in [0.3, 0.4) is 0 Å². The Balaban J connectivity index is 1.64. The van der Waals surface area contributed by atoms with Gasteiger partial charge in [-0.15, -0.1) is 0 Å². The number of rotatable bonds is 4. The average molecular weight is 429 g/mol. The van der Waals surface area contributed by atoms with Crippen molar-refractivity contribution in [3.63, 3.8) is 0 Å². The molecule has 0 radical (unpaired) electrons. The van der Waals surface area contributed by atoms with Gasteiger partial charge in [0.1, 0.15) is 0 Å². The topological polar surface area (TPSA) is 106 Å². The van der Waals surface area contributed by atoms with Crippen molar-refractivity contribution in [1.29, 1.82) is 0 Å². The van der Waals surface area contributed by atoms with Crippen molar-refractivity contribution in [1.82, 2.24) is 0 Å². The summed E-state index contributed by atoms with van der Waals surface area (Å²) in [4.78, 5) is 25.2. The highest BCUT2D eigenvalue weighted by atomic mass is 32.2. The zero-order chi connectivity index (χ0) is 20.6. The molecule has 3 N–H and O–H groups in total. The minimum Gasteiger partial charge on any atom is -0.352 e. The summed E-state index contributed by atoms with van der Waals surface area (Å²) in [5, 5.41) is 8.25. The molecule has 2 aromatic rings. The third-order valence-electron chi connectivity index (χ3n) is 5.20. The number of nitrogens with two attached hydrogens (primary N) is 1. The molecule has 8 heteroatoms. The second-order valence-electron chi connectivity index (χ2n) is 7.11. The second-order valence-corrected chi connectivity index (χ2v) is 9.87. The van der Waals surface area contributed by atoms with Crippen molar-refractivity contribution in [2.75, 3.05) is 16.8 Å². The van der Waals surface area contributed by atoms with Gasteiger partial charge in [-0.25, -0.2) is 13.6 Å². The van der Waals surface area contributed by atoms with E-state index in [0.29, 0.717) is 5.92 Å². The summed E-state index contributed by atoms with van der Waals surface area (Å²) in [6, 6.07) is 12.0. The number of Topliss-reactive ketones (excluding diaryl/α,β-unsaturated/α-hetero) is 1. The Morgan fingerprint density at radius 1 is 1.03 bits per heavy atom. The van der Waals surface area contributed by atoms with E-state index < -0.39 is 21.6 Å². The molecule has 1 fully saturated rings. The number of fused-ring (bicyclic) bond motifs is 1. The van der Waals surface area contributed by atoms with E-state index in [1.165, 1.54) is 23.8 Å². The number of carbonyl (C=O) groups excluding carboxylic acids is 2. The predicted octanol–water partition coefficient (Wildman–Crippen LogP) is 3.32. The number of benzene rings is 2. The zero-order valence-electron chi connectivity index (χ0n) is 15.6. The van der Waals surface area contributed by atoms with Crippen molar-refractivity contribution < 1.29 is 18.0 Å². The summed E-state index contributed by atoms with van der Waals surface area (Å²) in [5.74, 6) is 1.78. The molecule has 150 valence electrons. The fourth-order valence-corrected chi connectivity index (χ4v) is 5.64. The van der Waals surface area contributed by atoms with Crippen molar-refractivity contribution in [3.8, 4) is 0 Å². The third kappa shape index (κ3) is 4.01. The predicted molar refractivity (Wildman–Crippen MR) is 114 cm³/mol. The summed E-state index contributed by atoms with van der Waals surface area (Å²) in [6.07, 6.45) is 3.39. The molecule has 0 aromatic heterocycles. The van der Waals surface area contributed by atoms with Crippen LogP contribution in [-0.4, -0.2) is 31.5 Å². The molecule has 4 rings (SSSR count). The molecule has 0 bridgehead atoms. The Kier molecular flexibility index (Phi) is 5.33. The quantitative estimate of drug-likeness (QED) is 0.774. The number of allylic oxidation sites excluding steroid dienone is 2. The number of carbonyl (C=O) groups is 2. The molecular weight excluding hydrogens is 408 g/mol. The monoisotopic (exact) mass is 428 g/mol. The van der Waals surface area contributed by atoms with Gasteiger partial charge in [0, 0.05) is 17.3 Å². The van der Waals surface area contributed by atoms with Gasteiger partial charge in [-0.1, -0.05) is 24.3 Å². The molecule has 1 aliphatic heterocycles. The molecule has 0 spiro atoms. The molecule has 2 aromatic carbocycles. The Bertz CT molecular complexity index is 1130. The maximum Gasteiger partial charge on any atom is 0.238 e. The first-order valence-corrected chi connectivity index (χ1v) is 12.0. The number of nitrogens with one attached hydrogen (secondary N) is 1. The highest BCUT2D eigenvalue weighted by molar-refractivity contribution is 7.99. The minimum atomic E-state index is -4.12. The molecule has 29 heavy (non-hydrogen) atoms. The fraction of sp³-hybridized carbons (Fsp3) is 0.238. The molecule has 1 saturated heterocycles. The van der Waals surface area contributed by atoms with E-state index in [9.17, 15) is 18.0 Å². The van der Waals surface area contributed by atoms with E-state index in [2.05, 4.69) is 11.4 Å². The Morgan fingerprint density at radius 2 is 1.76 bits per heavy atom. The number of primary sulfonamides is 1. The normalized spacial score (nSPS) is 17.6. The molecule has 6 nitrogen and oxygen atoms in total. The van der Waals surface area contributed by atoms with Gasteiger partial charge in [0.15, 0.2) is 5.78 Å². The van der Waals surface area contributed by atoms with Crippen LogP contribution in [0.5, 0.6) is 0 Å². The number of thioether (sulfide) groups is 1. The summed E-state index contributed by atoms with van der Waals surface area (Å²) in [7, 11) is -4.12. The number of hydrogen-bond acceptors (Lipinski definition) is 6. The Labute approximate surface area is 173 Å². The van der Waals surface area contributed by atoms with E-state index in [1.54, 1.807) is 0 Å². The van der Waals surface area contributed by atoms with Gasteiger partial charge in [-0.05, 0) is 54.0 Å². The van der Waals surface area contributed by atoms with Gasteiger partial charge in [-0.2, -0.15) is 11.8 Å². The maximum atomic E-state index is 12.9. The van der Waals surface area contributed by atoms with Crippen LogP contribution < -0.4 is 10.5 Å². The lowest BCUT2D eigenvalue weighted by Gasteiger charge is -2.23. The van der Waals surface area contributed by atoms with Crippen LogP contribution in [0.4, 0.5) is 5.69 Å². The van der Waals surface area contributed by atoms with Crippen LogP contribution >= 0.6 is 11.8 Å². The molecule has 0 atom stereocenters. The van der Waals surface area contributed by atoms with Gasteiger partial charge in [0.2, 0.25) is 15.8 Å². The van der Waals surface area contributed by atoms with Crippen LogP contribution in [-0.2, 0) is 10.0 Å². The van der Waals surface area contributed by atoms with Crippen LogP contribution in [0.15, 0.2) is 59.1 Å². The van der Waals surface area contributed by atoms with Crippen molar-refractivity contribution >= 4 is 39.0 Å². The second kappa shape index (κ2) is 7.78. The Morgan fingerprint density at radius 3 is 2.48 bits per heavy atom. The van der Waals surface area contributed by atoms with Crippen molar-refractivity contribution in [3.05, 3.63) is 70.9 Å². The molecule has 1 heterocycles. The van der Waals surface area contributed by atoms with Crippen LogP contribution in [0.25, 0.3) is 0 Å². The summed E-state index contributed by atoms with van der Waals surface area (Å²) >= 11 is 1.96. The molecule has 0 saturated carbocycles. The van der Waals surface area contributed by atoms with Crippen LogP contribution in [0.2, 0.25) is 0 Å². The average Bonchev–Trinajstić information content (AvgIpc) is 2.71. The first-order chi connectivity index (χ1) is 13.8. The van der Waals surface area contributed by atoms with Crippen LogP contribution in [0.1, 0.15) is 45.0 Å². The third-order valence-corrected chi connectivity index (χ3v) is 7.20. The maximum absolute atomic E-state index is 12.9. The van der Waals surface area contributed by atoms with Gasteiger partial charge in [-0.3, -0.25) is 9.59 Å². The summed E-state index contributed by atoms with van der Waals surface area (Å²) < 4.78 is 23.6. The van der Waals surface area contributed by atoms with E-state index in [1.807, 2.05) is 30.0 Å². The van der Waals surface area contributed by atoms with Crippen LogP contribution in [0, 0.1) is 0 Å². The SMILES string of the molecule is NS(=O)(=O)c1cccc2c1C(=O)C=C(Nc1cccc(C3CCSCC3)c1)C2=O. The van der Waals surface area contributed by atoms with E-state index >= 15 is 0 Å². The molecule has 0 amide bonds. The first-order valence-electron chi connectivity index (χ1n) is 9.26. The summed E-state index contributed by atoms with van der Waals surface area (Å²) in [5.41, 5.74) is 1.91. The number of anilines is 1. The highest BCUT2D eigenvalue weighted by Gasteiger charge is 2.31. The van der Waals surface area contributed by atoms with Gasteiger partial charge >= 0.3 is 0 Å². The molecule has 2 aliphatic rings. The molecular formula is C21H20N2O4S2. The Hall–Kier alpha value is -2.42. The van der Waals surface area contributed by atoms with E-state index in [0.717, 1.165) is 36.1 Å². The van der Waals surface area contributed by atoms with E-state index in [4.69, 9.17) is 5.14 Å². The van der Waals surface area contributed by atoms with Crippen molar-refractivity contribution in [2.45, 2.75) is 23.7 Å². The lowest BCUT2D eigenvalue weighted by atomic mass is 9.91. The lowest BCUT2D eigenvalue weighted by Crippen LogP contribution is -2.25. The smallest absolute Gasteiger partial charge is 0.238 e. The van der Waals surface area contributed by atoms with Gasteiger partial charge in [0.05, 0.1) is 16.2 Å². The van der Waals surface area contributed by atoms with Crippen molar-refractivity contribution in [2.24, 2.45) is 5.14 Å². The zero-order valence-corrected chi connectivity index (χ0v) is 17.2. The molecule has 0 unspecified atom stereocenters. The number of sulfonamides is 1. The number of hydrogen-bond donors (Lipinski definition) is 2. The first kappa shape index (κ1) is 19.9. The van der Waals surface area contributed by atoms with Gasteiger partial charge in [0.25, 0.3) is 0 Å². The molecule has 1 aliphatic carbocycles. The van der Waals surface area contributed by atoms with E-state index in [-0.39, 0.29) is 21.7 Å². The standard InChI is InChI=1S/C21H20N2O4S2/c22-29(26,27)19-6-2-5-16-20(19)18(24)12-17(21(16)25)23-15-4-1-3-14(11-15)13-7-9-28-10-8-13/h1-6,11-13,23H,7-10H2,(H2,22,26,27). The highest BCUT2D eigenvalue weighted by Crippen LogP contribution is 2.33. The lowest BCUT2D eigenvalue weighted by molar-refractivity contribution is 0.0983. The fourth-order valence-electron chi connectivity index (χ4n) is 3.78.